The standard InChI is InChI=1S/C14H24N2O3/c1-10-6-9-16(12(10)14(18)19)11(2)13(17)15-7-4-3-5-8-15/h10-12H,3-9H2,1-2H3,(H,18,19). The smallest absolute Gasteiger partial charge is 0.321 e. The van der Waals surface area contributed by atoms with E-state index in [2.05, 4.69) is 0 Å². The highest BCUT2D eigenvalue weighted by atomic mass is 16.4. The topological polar surface area (TPSA) is 60.9 Å². The normalized spacial score (nSPS) is 30.3. The summed E-state index contributed by atoms with van der Waals surface area (Å²) in [4.78, 5) is 27.6. The molecule has 0 spiro atoms. The Labute approximate surface area is 114 Å². The third-order valence-electron chi connectivity index (χ3n) is 4.51. The van der Waals surface area contributed by atoms with Crippen LogP contribution in [-0.4, -0.2) is 58.5 Å². The van der Waals surface area contributed by atoms with Crippen LogP contribution in [0.4, 0.5) is 0 Å². The minimum atomic E-state index is -0.803. The molecule has 2 fully saturated rings. The number of hydrogen-bond acceptors (Lipinski definition) is 3. The van der Waals surface area contributed by atoms with Gasteiger partial charge >= 0.3 is 5.97 Å². The summed E-state index contributed by atoms with van der Waals surface area (Å²) in [7, 11) is 0. The Morgan fingerprint density at radius 2 is 1.79 bits per heavy atom. The number of carboxylic acid groups (broad SMARTS) is 1. The largest absolute Gasteiger partial charge is 0.480 e. The fraction of sp³-hybridized carbons (Fsp3) is 0.857. The summed E-state index contributed by atoms with van der Waals surface area (Å²) >= 11 is 0. The van der Waals surface area contributed by atoms with E-state index in [0.717, 1.165) is 32.4 Å². The molecule has 0 aliphatic carbocycles. The molecule has 3 unspecified atom stereocenters. The molecule has 0 radical (unpaired) electrons. The van der Waals surface area contributed by atoms with Gasteiger partial charge in [0.25, 0.3) is 0 Å². The van der Waals surface area contributed by atoms with Crippen LogP contribution in [0.5, 0.6) is 0 Å². The first-order valence-electron chi connectivity index (χ1n) is 7.29. The summed E-state index contributed by atoms with van der Waals surface area (Å²) in [6.45, 7) is 6.16. The van der Waals surface area contributed by atoms with Gasteiger partial charge in [0.2, 0.25) is 5.91 Å². The second-order valence-corrected chi connectivity index (χ2v) is 5.85. The molecule has 3 atom stereocenters. The van der Waals surface area contributed by atoms with Gasteiger partial charge in [0.05, 0.1) is 6.04 Å². The van der Waals surface area contributed by atoms with Gasteiger partial charge in [-0.25, -0.2) is 0 Å². The third-order valence-corrected chi connectivity index (χ3v) is 4.51. The van der Waals surface area contributed by atoms with Crippen LogP contribution in [0.1, 0.15) is 39.5 Å². The summed E-state index contributed by atoms with van der Waals surface area (Å²) in [6, 6.07) is -0.826. The van der Waals surface area contributed by atoms with Crippen molar-refractivity contribution in [2.75, 3.05) is 19.6 Å². The molecule has 0 aromatic carbocycles. The van der Waals surface area contributed by atoms with Gasteiger partial charge in [-0.1, -0.05) is 6.92 Å². The number of hydrogen-bond donors (Lipinski definition) is 1. The second-order valence-electron chi connectivity index (χ2n) is 5.85. The lowest BCUT2D eigenvalue weighted by molar-refractivity contribution is -0.147. The van der Waals surface area contributed by atoms with Gasteiger partial charge in [0, 0.05) is 19.6 Å². The van der Waals surface area contributed by atoms with Crippen LogP contribution in [0.3, 0.4) is 0 Å². The molecule has 1 N–H and O–H groups in total. The molecule has 1 amide bonds. The fourth-order valence-corrected chi connectivity index (χ4v) is 3.32. The summed E-state index contributed by atoms with van der Waals surface area (Å²) in [5.74, 6) is -0.586. The lowest BCUT2D eigenvalue weighted by Gasteiger charge is -2.34. The van der Waals surface area contributed by atoms with E-state index in [0.29, 0.717) is 6.54 Å². The third kappa shape index (κ3) is 2.91. The van der Waals surface area contributed by atoms with Crippen LogP contribution in [0.15, 0.2) is 0 Å². The zero-order valence-electron chi connectivity index (χ0n) is 11.8. The highest BCUT2D eigenvalue weighted by Gasteiger charge is 2.41. The highest BCUT2D eigenvalue weighted by molar-refractivity contribution is 5.83. The maximum atomic E-state index is 12.5. The van der Waals surface area contributed by atoms with Crippen molar-refractivity contribution in [3.8, 4) is 0 Å². The number of carbonyl (C=O) groups excluding carboxylic acids is 1. The Bertz CT molecular complexity index is 353. The van der Waals surface area contributed by atoms with Gasteiger partial charge in [-0.05, 0) is 38.5 Å². The van der Waals surface area contributed by atoms with Crippen LogP contribution < -0.4 is 0 Å². The second kappa shape index (κ2) is 5.90. The van der Waals surface area contributed by atoms with Gasteiger partial charge in [0.1, 0.15) is 6.04 Å². The van der Waals surface area contributed by atoms with Gasteiger partial charge in [0.15, 0.2) is 0 Å². The average Bonchev–Trinajstić information content (AvgIpc) is 2.80. The van der Waals surface area contributed by atoms with E-state index in [1.165, 1.54) is 6.42 Å². The van der Waals surface area contributed by atoms with Gasteiger partial charge in [-0.2, -0.15) is 0 Å². The molecule has 0 aromatic heterocycles. The Hall–Kier alpha value is -1.10. The van der Waals surface area contributed by atoms with Crippen molar-refractivity contribution < 1.29 is 14.7 Å². The molecule has 2 saturated heterocycles. The van der Waals surface area contributed by atoms with Crippen molar-refractivity contribution in [1.29, 1.82) is 0 Å². The molecular formula is C14H24N2O3. The maximum absolute atomic E-state index is 12.5. The molecule has 2 rings (SSSR count). The van der Waals surface area contributed by atoms with Crippen molar-refractivity contribution in [2.24, 2.45) is 5.92 Å². The number of aliphatic carboxylic acids is 1. The quantitative estimate of drug-likeness (QED) is 0.835. The van der Waals surface area contributed by atoms with E-state index in [9.17, 15) is 14.7 Å². The molecule has 0 bridgehead atoms. The Kier molecular flexibility index (Phi) is 4.45. The first-order chi connectivity index (χ1) is 9.02. The van der Waals surface area contributed by atoms with Gasteiger partial charge in [-0.15, -0.1) is 0 Å². The Balaban J connectivity index is 2.03. The van der Waals surface area contributed by atoms with Crippen molar-refractivity contribution in [3.63, 3.8) is 0 Å². The monoisotopic (exact) mass is 268 g/mol. The van der Waals surface area contributed by atoms with Crippen molar-refractivity contribution in [1.82, 2.24) is 9.80 Å². The summed E-state index contributed by atoms with van der Waals surface area (Å²) in [5, 5.41) is 9.33. The highest BCUT2D eigenvalue weighted by Crippen LogP contribution is 2.27. The molecule has 5 nitrogen and oxygen atoms in total. The number of likely N-dealkylation sites (tertiary alicyclic amines) is 2. The van der Waals surface area contributed by atoms with Crippen molar-refractivity contribution >= 4 is 11.9 Å². The number of amides is 1. The zero-order chi connectivity index (χ0) is 14.0. The Morgan fingerprint density at radius 3 is 2.37 bits per heavy atom. The van der Waals surface area contributed by atoms with Crippen LogP contribution in [-0.2, 0) is 9.59 Å². The molecular weight excluding hydrogens is 244 g/mol. The van der Waals surface area contributed by atoms with E-state index >= 15 is 0 Å². The van der Waals surface area contributed by atoms with E-state index < -0.39 is 12.0 Å². The lowest BCUT2D eigenvalue weighted by Crippen LogP contribution is -2.52. The van der Waals surface area contributed by atoms with Gasteiger partial charge in [-0.3, -0.25) is 14.5 Å². The number of carbonyl (C=O) groups is 2. The summed E-state index contributed by atoms with van der Waals surface area (Å²) in [5.41, 5.74) is 0. The van der Waals surface area contributed by atoms with Crippen molar-refractivity contribution in [3.05, 3.63) is 0 Å². The van der Waals surface area contributed by atoms with E-state index in [4.69, 9.17) is 0 Å². The van der Waals surface area contributed by atoms with Crippen molar-refractivity contribution in [2.45, 2.75) is 51.6 Å². The number of rotatable bonds is 3. The average molecular weight is 268 g/mol. The lowest BCUT2D eigenvalue weighted by atomic mass is 10.0. The van der Waals surface area contributed by atoms with Crippen LogP contribution in [0.25, 0.3) is 0 Å². The van der Waals surface area contributed by atoms with Gasteiger partial charge < -0.3 is 10.0 Å². The van der Waals surface area contributed by atoms with Crippen LogP contribution in [0.2, 0.25) is 0 Å². The number of carboxylic acids is 1. The van der Waals surface area contributed by atoms with E-state index in [1.54, 1.807) is 0 Å². The maximum Gasteiger partial charge on any atom is 0.321 e. The molecule has 2 heterocycles. The zero-order valence-corrected chi connectivity index (χ0v) is 11.8. The predicted octanol–water partition coefficient (Wildman–Crippen LogP) is 1.18. The van der Waals surface area contributed by atoms with Crippen LogP contribution >= 0.6 is 0 Å². The molecule has 108 valence electrons. The SMILES string of the molecule is CC1CCN(C(C)C(=O)N2CCCCC2)C1C(=O)O. The minimum Gasteiger partial charge on any atom is -0.480 e. The summed E-state index contributed by atoms with van der Waals surface area (Å²) < 4.78 is 0. The fourth-order valence-electron chi connectivity index (χ4n) is 3.32. The molecule has 2 aliphatic rings. The minimum absolute atomic E-state index is 0.0973. The molecule has 0 saturated carbocycles. The first-order valence-corrected chi connectivity index (χ1v) is 7.29. The van der Waals surface area contributed by atoms with Crippen LogP contribution in [0, 0.1) is 5.92 Å². The predicted molar refractivity (Wildman–Crippen MR) is 71.8 cm³/mol. The summed E-state index contributed by atoms with van der Waals surface area (Å²) in [6.07, 6.45) is 4.18. The molecule has 5 heteroatoms. The first kappa shape index (κ1) is 14.3. The van der Waals surface area contributed by atoms with E-state index in [-0.39, 0.29) is 17.9 Å². The Morgan fingerprint density at radius 1 is 1.16 bits per heavy atom. The molecule has 2 aliphatic heterocycles. The molecule has 0 aromatic rings. The molecule has 19 heavy (non-hydrogen) atoms. The van der Waals surface area contributed by atoms with E-state index in [1.807, 2.05) is 23.6 Å². The number of nitrogens with zero attached hydrogens (tertiary/aromatic N) is 2. The number of piperidine rings is 1.